The fraction of sp³-hybridized carbons (Fsp3) is 0.375. The SMILES string of the molecule is COc1ccc(-c2nnc(SCC(=O)N3CCC[C@@H](C)C3)n2-c2cccc(C(F)(F)F)c2)cc1. The van der Waals surface area contributed by atoms with Gasteiger partial charge in [0.15, 0.2) is 11.0 Å². The molecule has 0 bridgehead atoms. The molecule has 0 unspecified atom stereocenters. The number of hydrogen-bond donors (Lipinski definition) is 0. The zero-order valence-electron chi connectivity index (χ0n) is 18.9. The number of rotatable bonds is 6. The zero-order valence-corrected chi connectivity index (χ0v) is 19.7. The van der Waals surface area contributed by atoms with Crippen molar-refractivity contribution in [2.24, 2.45) is 5.92 Å². The molecule has 1 aromatic heterocycles. The van der Waals surface area contributed by atoms with E-state index in [-0.39, 0.29) is 17.3 Å². The molecule has 180 valence electrons. The first-order chi connectivity index (χ1) is 16.3. The Balaban J connectivity index is 1.68. The lowest BCUT2D eigenvalue weighted by Gasteiger charge is -2.30. The van der Waals surface area contributed by atoms with Gasteiger partial charge in [-0.05, 0) is 61.2 Å². The van der Waals surface area contributed by atoms with E-state index in [0.717, 1.165) is 38.1 Å². The third kappa shape index (κ3) is 5.38. The molecule has 1 saturated heterocycles. The van der Waals surface area contributed by atoms with E-state index in [1.807, 2.05) is 4.90 Å². The lowest BCUT2D eigenvalue weighted by atomic mass is 10.0. The van der Waals surface area contributed by atoms with Crippen LogP contribution >= 0.6 is 11.8 Å². The van der Waals surface area contributed by atoms with Crippen molar-refractivity contribution in [2.75, 3.05) is 26.0 Å². The summed E-state index contributed by atoms with van der Waals surface area (Å²) in [5.74, 6) is 1.60. The largest absolute Gasteiger partial charge is 0.497 e. The lowest BCUT2D eigenvalue weighted by molar-refractivity contribution is -0.137. The number of carbonyl (C=O) groups is 1. The number of ether oxygens (including phenoxy) is 1. The topological polar surface area (TPSA) is 60.3 Å². The number of thioether (sulfide) groups is 1. The van der Waals surface area contributed by atoms with E-state index >= 15 is 0 Å². The minimum absolute atomic E-state index is 0.0128. The van der Waals surface area contributed by atoms with Crippen LogP contribution in [0.1, 0.15) is 25.3 Å². The lowest BCUT2D eigenvalue weighted by Crippen LogP contribution is -2.40. The van der Waals surface area contributed by atoms with Gasteiger partial charge < -0.3 is 9.64 Å². The number of alkyl halides is 3. The molecule has 0 radical (unpaired) electrons. The molecule has 34 heavy (non-hydrogen) atoms. The van der Waals surface area contributed by atoms with Gasteiger partial charge in [-0.25, -0.2) is 0 Å². The standard InChI is InChI=1S/C24H25F3N4O2S/c1-16-5-4-12-30(14-16)21(32)15-34-23-29-28-22(17-8-10-20(33-2)11-9-17)31(23)19-7-3-6-18(13-19)24(25,26)27/h3,6-11,13,16H,4-5,12,14-15H2,1-2H3/t16-/m1/s1. The van der Waals surface area contributed by atoms with E-state index in [9.17, 15) is 18.0 Å². The molecule has 10 heteroatoms. The predicted molar refractivity (Wildman–Crippen MR) is 124 cm³/mol. The summed E-state index contributed by atoms with van der Waals surface area (Å²) in [5.41, 5.74) is 0.162. The van der Waals surface area contributed by atoms with Gasteiger partial charge in [-0.1, -0.05) is 24.8 Å². The maximum Gasteiger partial charge on any atom is 0.416 e. The maximum absolute atomic E-state index is 13.4. The van der Waals surface area contributed by atoms with E-state index in [2.05, 4.69) is 17.1 Å². The summed E-state index contributed by atoms with van der Waals surface area (Å²) in [6, 6.07) is 12.0. The van der Waals surface area contributed by atoms with Crippen molar-refractivity contribution in [1.29, 1.82) is 0 Å². The minimum Gasteiger partial charge on any atom is -0.497 e. The summed E-state index contributed by atoms with van der Waals surface area (Å²) in [4.78, 5) is 14.6. The number of hydrogen-bond acceptors (Lipinski definition) is 5. The number of halogens is 3. The minimum atomic E-state index is -4.49. The highest BCUT2D eigenvalue weighted by Crippen LogP contribution is 2.34. The summed E-state index contributed by atoms with van der Waals surface area (Å²) < 4.78 is 47.0. The number of likely N-dealkylation sites (tertiary alicyclic amines) is 1. The van der Waals surface area contributed by atoms with Gasteiger partial charge in [-0.2, -0.15) is 13.2 Å². The number of aromatic nitrogens is 3. The van der Waals surface area contributed by atoms with Crippen molar-refractivity contribution in [2.45, 2.75) is 31.1 Å². The molecule has 3 aromatic rings. The van der Waals surface area contributed by atoms with Crippen LogP contribution < -0.4 is 4.74 Å². The Labute approximate surface area is 200 Å². The zero-order chi connectivity index (χ0) is 24.3. The number of carbonyl (C=O) groups excluding carboxylic acids is 1. The van der Waals surface area contributed by atoms with Crippen LogP contribution in [0.2, 0.25) is 0 Å². The van der Waals surface area contributed by atoms with Crippen molar-refractivity contribution >= 4 is 17.7 Å². The Bertz CT molecular complexity index is 1150. The average Bonchev–Trinajstić information content (AvgIpc) is 3.26. The second-order valence-corrected chi connectivity index (χ2v) is 9.24. The summed E-state index contributed by atoms with van der Waals surface area (Å²) >= 11 is 1.17. The predicted octanol–water partition coefficient (Wildman–Crippen LogP) is 5.31. The van der Waals surface area contributed by atoms with E-state index in [1.54, 1.807) is 42.0 Å². The van der Waals surface area contributed by atoms with Crippen LogP contribution in [0.15, 0.2) is 53.7 Å². The Morgan fingerprint density at radius 2 is 1.94 bits per heavy atom. The molecule has 0 saturated carbocycles. The van der Waals surface area contributed by atoms with Crippen LogP contribution in [-0.2, 0) is 11.0 Å². The molecule has 2 aromatic carbocycles. The van der Waals surface area contributed by atoms with Gasteiger partial charge in [0.25, 0.3) is 0 Å². The van der Waals surface area contributed by atoms with Crippen molar-refractivity contribution in [3.63, 3.8) is 0 Å². The third-order valence-electron chi connectivity index (χ3n) is 5.75. The van der Waals surface area contributed by atoms with Gasteiger partial charge in [-0.15, -0.1) is 10.2 Å². The number of nitrogens with zero attached hydrogens (tertiary/aromatic N) is 4. The third-order valence-corrected chi connectivity index (χ3v) is 6.66. The van der Waals surface area contributed by atoms with Crippen molar-refractivity contribution in [1.82, 2.24) is 19.7 Å². The molecule has 1 amide bonds. The van der Waals surface area contributed by atoms with E-state index in [4.69, 9.17) is 4.74 Å². The number of piperidine rings is 1. The van der Waals surface area contributed by atoms with E-state index in [0.29, 0.717) is 28.2 Å². The second-order valence-electron chi connectivity index (χ2n) is 8.29. The highest BCUT2D eigenvalue weighted by Gasteiger charge is 2.31. The van der Waals surface area contributed by atoms with Gasteiger partial charge in [0, 0.05) is 18.7 Å². The molecule has 0 N–H and O–H groups in total. The molecular formula is C24H25F3N4O2S. The van der Waals surface area contributed by atoms with Crippen LogP contribution in [0, 0.1) is 5.92 Å². The maximum atomic E-state index is 13.4. The van der Waals surface area contributed by atoms with Gasteiger partial charge >= 0.3 is 6.18 Å². The Kier molecular flexibility index (Phi) is 7.16. The van der Waals surface area contributed by atoms with Gasteiger partial charge in [0.05, 0.1) is 24.1 Å². The number of amides is 1. The molecule has 1 aliphatic heterocycles. The molecule has 1 atom stereocenters. The molecule has 4 rings (SSSR count). The molecule has 1 aliphatic rings. The number of benzene rings is 2. The van der Waals surface area contributed by atoms with E-state index < -0.39 is 11.7 Å². The summed E-state index contributed by atoms with van der Waals surface area (Å²) in [7, 11) is 1.55. The average molecular weight is 491 g/mol. The van der Waals surface area contributed by atoms with E-state index in [1.165, 1.54) is 17.8 Å². The molecule has 6 nitrogen and oxygen atoms in total. The highest BCUT2D eigenvalue weighted by atomic mass is 32.2. The quantitative estimate of drug-likeness (QED) is 0.438. The normalized spacial score (nSPS) is 16.5. The fourth-order valence-corrected chi connectivity index (χ4v) is 4.83. The monoisotopic (exact) mass is 490 g/mol. The Hall–Kier alpha value is -3.01. The Morgan fingerprint density at radius 1 is 1.18 bits per heavy atom. The van der Waals surface area contributed by atoms with Crippen molar-refractivity contribution in [3.05, 3.63) is 54.1 Å². The van der Waals surface area contributed by atoms with Crippen molar-refractivity contribution in [3.8, 4) is 22.8 Å². The first-order valence-corrected chi connectivity index (χ1v) is 11.9. The Morgan fingerprint density at radius 3 is 2.62 bits per heavy atom. The van der Waals surface area contributed by atoms with Gasteiger partial charge in [0.1, 0.15) is 5.75 Å². The van der Waals surface area contributed by atoms with Crippen LogP contribution in [0.4, 0.5) is 13.2 Å². The second kappa shape index (κ2) is 10.1. The molecule has 1 fully saturated rings. The summed E-state index contributed by atoms with van der Waals surface area (Å²) in [6.07, 6.45) is -2.41. The summed E-state index contributed by atoms with van der Waals surface area (Å²) in [5, 5.41) is 8.84. The first-order valence-electron chi connectivity index (χ1n) is 10.9. The summed E-state index contributed by atoms with van der Waals surface area (Å²) in [6.45, 7) is 3.57. The molecular weight excluding hydrogens is 465 g/mol. The fourth-order valence-electron chi connectivity index (χ4n) is 3.98. The highest BCUT2D eigenvalue weighted by molar-refractivity contribution is 7.99. The molecule has 0 aliphatic carbocycles. The van der Waals surface area contributed by atoms with Gasteiger partial charge in [0.2, 0.25) is 5.91 Å². The van der Waals surface area contributed by atoms with Gasteiger partial charge in [-0.3, -0.25) is 9.36 Å². The number of methoxy groups -OCH3 is 1. The first kappa shape index (κ1) is 24.1. The smallest absolute Gasteiger partial charge is 0.416 e. The van der Waals surface area contributed by atoms with Crippen molar-refractivity contribution < 1.29 is 22.7 Å². The molecule has 2 heterocycles. The van der Waals surface area contributed by atoms with Crippen LogP contribution in [0.3, 0.4) is 0 Å². The molecule has 0 spiro atoms. The van der Waals surface area contributed by atoms with Crippen LogP contribution in [0.5, 0.6) is 5.75 Å². The van der Waals surface area contributed by atoms with Crippen LogP contribution in [-0.4, -0.2) is 51.5 Å². The van der Waals surface area contributed by atoms with Crippen LogP contribution in [0.25, 0.3) is 17.1 Å².